The third-order valence-electron chi connectivity index (χ3n) is 6.70. The van der Waals surface area contributed by atoms with Crippen LogP contribution in [0, 0.1) is 5.41 Å². The largest absolute Gasteiger partial charge is 0.384 e. The number of likely N-dealkylation sites (tertiary alicyclic amines) is 1. The van der Waals surface area contributed by atoms with Crippen molar-refractivity contribution < 1.29 is 4.79 Å². The van der Waals surface area contributed by atoms with Crippen molar-refractivity contribution >= 4 is 22.8 Å². The van der Waals surface area contributed by atoms with Gasteiger partial charge in [0.1, 0.15) is 11.5 Å². The van der Waals surface area contributed by atoms with Crippen LogP contribution in [0.3, 0.4) is 0 Å². The third-order valence-corrected chi connectivity index (χ3v) is 6.70. The second-order valence-electron chi connectivity index (χ2n) is 9.05. The molecule has 0 aliphatic carbocycles. The van der Waals surface area contributed by atoms with Gasteiger partial charge in [-0.1, -0.05) is 36.8 Å². The Morgan fingerprint density at radius 2 is 1.88 bits per heavy atom. The van der Waals surface area contributed by atoms with E-state index in [0.717, 1.165) is 12.8 Å². The zero-order chi connectivity index (χ0) is 24.2. The number of nitrogens with one attached hydrogen (secondary N) is 2. The summed E-state index contributed by atoms with van der Waals surface area (Å²) in [6.07, 6.45) is 3.71. The summed E-state index contributed by atoms with van der Waals surface area (Å²) in [4.78, 5) is 33.1. The van der Waals surface area contributed by atoms with E-state index >= 15 is 0 Å². The number of amidine groups is 1. The lowest BCUT2D eigenvalue weighted by molar-refractivity contribution is -0.122. The smallest absolute Gasteiger partial charge is 0.277 e. The minimum absolute atomic E-state index is 0.0722. The number of benzene rings is 2. The Labute approximate surface area is 199 Å². The Morgan fingerprint density at radius 3 is 2.62 bits per heavy atom. The minimum Gasteiger partial charge on any atom is -0.384 e. The number of carbonyl (C=O) groups excluding carboxylic acids is 1. The number of nitrogen functional groups attached to an aromatic ring is 1. The van der Waals surface area contributed by atoms with Crippen molar-refractivity contribution in [2.24, 2.45) is 5.73 Å². The molecule has 1 fully saturated rings. The first-order valence-electron chi connectivity index (χ1n) is 11.8. The molecule has 2 atom stereocenters. The zero-order valence-electron chi connectivity index (χ0n) is 19.8. The molecule has 4 N–H and O–H groups in total. The van der Waals surface area contributed by atoms with Crippen LogP contribution in [0.2, 0.25) is 0 Å². The van der Waals surface area contributed by atoms with Crippen molar-refractivity contribution in [3.8, 4) is 11.3 Å². The number of rotatable bonds is 7. The van der Waals surface area contributed by atoms with E-state index < -0.39 is 0 Å². The van der Waals surface area contributed by atoms with E-state index in [4.69, 9.17) is 11.1 Å². The normalized spacial score (nSPS) is 18.6. The van der Waals surface area contributed by atoms with Gasteiger partial charge in [0, 0.05) is 36.2 Å². The van der Waals surface area contributed by atoms with E-state index in [-0.39, 0.29) is 36.0 Å². The number of hydrogen-bond acceptors (Lipinski definition) is 5. The summed E-state index contributed by atoms with van der Waals surface area (Å²) in [5.41, 5.74) is 8.11. The van der Waals surface area contributed by atoms with Crippen LogP contribution in [0.5, 0.6) is 0 Å². The number of nitrogens with two attached hydrogens (primary N) is 1. The van der Waals surface area contributed by atoms with Gasteiger partial charge < -0.3 is 15.6 Å². The topological polar surface area (TPSA) is 117 Å². The fourth-order valence-electron chi connectivity index (χ4n) is 4.70. The van der Waals surface area contributed by atoms with Gasteiger partial charge in [-0.2, -0.15) is 0 Å². The van der Waals surface area contributed by atoms with E-state index in [9.17, 15) is 9.59 Å². The van der Waals surface area contributed by atoms with Gasteiger partial charge in [-0.25, -0.2) is 4.98 Å². The Kier molecular flexibility index (Phi) is 7.07. The van der Waals surface area contributed by atoms with Crippen LogP contribution in [0.4, 0.5) is 0 Å². The van der Waals surface area contributed by atoms with Crippen LogP contribution >= 0.6 is 0 Å². The van der Waals surface area contributed by atoms with Crippen LogP contribution in [0.25, 0.3) is 22.3 Å². The second-order valence-corrected chi connectivity index (χ2v) is 9.05. The lowest BCUT2D eigenvalue weighted by Crippen LogP contribution is -2.49. The number of nitrogens with zero attached hydrogens (tertiary/aromatic N) is 3. The van der Waals surface area contributed by atoms with Crippen molar-refractivity contribution in [2.45, 2.75) is 58.2 Å². The predicted octanol–water partition coefficient (Wildman–Crippen LogP) is 3.07. The maximum absolute atomic E-state index is 13.4. The van der Waals surface area contributed by atoms with E-state index in [0.29, 0.717) is 40.9 Å². The van der Waals surface area contributed by atoms with E-state index in [1.165, 1.54) is 6.42 Å². The number of carbonyl (C=O) groups is 1. The third kappa shape index (κ3) is 5.02. The van der Waals surface area contributed by atoms with E-state index in [2.05, 4.69) is 29.0 Å². The summed E-state index contributed by atoms with van der Waals surface area (Å²) in [5.74, 6) is -0.158. The van der Waals surface area contributed by atoms with Gasteiger partial charge in [-0.3, -0.25) is 19.9 Å². The number of piperidine rings is 1. The molecular formula is C26H32N6O2. The van der Waals surface area contributed by atoms with Crippen molar-refractivity contribution in [1.82, 2.24) is 19.8 Å². The first-order chi connectivity index (χ1) is 16.3. The molecule has 0 unspecified atom stereocenters. The highest BCUT2D eigenvalue weighted by molar-refractivity contribution is 5.96. The summed E-state index contributed by atoms with van der Waals surface area (Å²) in [7, 11) is 0. The Morgan fingerprint density at radius 1 is 1.15 bits per heavy atom. The molecule has 0 bridgehead atoms. The monoisotopic (exact) mass is 460 g/mol. The number of amides is 1. The van der Waals surface area contributed by atoms with Crippen LogP contribution in [-0.2, 0) is 11.3 Å². The average molecular weight is 461 g/mol. The fourth-order valence-corrected chi connectivity index (χ4v) is 4.70. The molecule has 2 aromatic carbocycles. The SMILES string of the molecule is C[C@@H]1CCC[C@H](C)N1CNC(=O)CCn1c(=O)c(-c2cccc(C(=N)N)c2)nc2ccccc21. The molecule has 8 heteroatoms. The fraction of sp³-hybridized carbons (Fsp3) is 0.385. The Bertz CT molecular complexity index is 1260. The summed E-state index contributed by atoms with van der Waals surface area (Å²) < 4.78 is 1.61. The molecule has 1 aliphatic rings. The minimum atomic E-state index is -0.273. The van der Waals surface area contributed by atoms with Crippen LogP contribution in [0.1, 0.15) is 45.1 Å². The Hall–Kier alpha value is -3.52. The van der Waals surface area contributed by atoms with Crippen molar-refractivity contribution in [2.75, 3.05) is 6.67 Å². The molecule has 3 aromatic rings. The van der Waals surface area contributed by atoms with Gasteiger partial charge in [-0.05, 0) is 44.9 Å². The lowest BCUT2D eigenvalue weighted by atomic mass is 9.98. The summed E-state index contributed by atoms with van der Waals surface area (Å²) in [5, 5.41) is 10.7. The molecule has 2 heterocycles. The van der Waals surface area contributed by atoms with Gasteiger partial charge >= 0.3 is 0 Å². The zero-order valence-corrected chi connectivity index (χ0v) is 19.8. The number of fused-ring (bicyclic) bond motifs is 1. The molecule has 1 aromatic heterocycles. The predicted molar refractivity (Wildman–Crippen MR) is 135 cm³/mol. The van der Waals surface area contributed by atoms with Gasteiger partial charge in [0.15, 0.2) is 0 Å². The molecule has 178 valence electrons. The van der Waals surface area contributed by atoms with E-state index in [1.807, 2.05) is 24.3 Å². The van der Waals surface area contributed by atoms with Crippen LogP contribution in [0.15, 0.2) is 53.3 Å². The molecule has 1 amide bonds. The van der Waals surface area contributed by atoms with Crippen molar-refractivity contribution in [1.29, 1.82) is 5.41 Å². The van der Waals surface area contributed by atoms with Gasteiger partial charge in [-0.15, -0.1) is 0 Å². The van der Waals surface area contributed by atoms with Gasteiger partial charge in [0.05, 0.1) is 17.7 Å². The van der Waals surface area contributed by atoms with Crippen molar-refractivity contribution in [3.63, 3.8) is 0 Å². The summed E-state index contributed by atoms with van der Waals surface area (Å²) in [6, 6.07) is 15.3. The molecule has 0 saturated carbocycles. The average Bonchev–Trinajstić information content (AvgIpc) is 2.83. The molecular weight excluding hydrogens is 428 g/mol. The lowest BCUT2D eigenvalue weighted by Gasteiger charge is -2.38. The maximum atomic E-state index is 13.4. The molecule has 8 nitrogen and oxygen atoms in total. The molecule has 1 aliphatic heterocycles. The van der Waals surface area contributed by atoms with Gasteiger partial charge in [0.25, 0.3) is 5.56 Å². The first kappa shape index (κ1) is 23.6. The van der Waals surface area contributed by atoms with E-state index in [1.54, 1.807) is 28.8 Å². The second kappa shape index (κ2) is 10.2. The van der Waals surface area contributed by atoms with Crippen molar-refractivity contribution in [3.05, 3.63) is 64.4 Å². The highest BCUT2D eigenvalue weighted by Gasteiger charge is 2.24. The first-order valence-corrected chi connectivity index (χ1v) is 11.8. The summed E-state index contributed by atoms with van der Waals surface area (Å²) in [6.45, 7) is 5.18. The highest BCUT2D eigenvalue weighted by Crippen LogP contribution is 2.22. The number of hydrogen-bond donors (Lipinski definition) is 3. The van der Waals surface area contributed by atoms with Crippen LogP contribution in [-0.4, -0.2) is 44.9 Å². The summed E-state index contributed by atoms with van der Waals surface area (Å²) >= 11 is 0. The molecule has 0 radical (unpaired) electrons. The molecule has 34 heavy (non-hydrogen) atoms. The Balaban J connectivity index is 1.57. The number of aromatic nitrogens is 2. The quantitative estimate of drug-likeness (QED) is 0.370. The highest BCUT2D eigenvalue weighted by atomic mass is 16.2. The van der Waals surface area contributed by atoms with Gasteiger partial charge in [0.2, 0.25) is 5.91 Å². The number of para-hydroxylation sites is 2. The molecule has 0 spiro atoms. The maximum Gasteiger partial charge on any atom is 0.277 e. The molecule has 4 rings (SSSR count). The molecule has 1 saturated heterocycles. The number of aryl methyl sites for hydroxylation is 1. The van der Waals surface area contributed by atoms with Crippen LogP contribution < -0.4 is 16.6 Å². The standard InChI is InChI=1S/C26H32N6O2/c1-17-7-5-8-18(2)32(17)16-29-23(33)13-14-31-22-12-4-3-11-21(22)30-24(26(31)34)19-9-6-10-20(15-19)25(27)28/h3-4,6,9-12,15,17-18H,5,7-8,13-14,16H2,1-2H3,(H3,27,28)(H,29,33)/t17-,18+.